The van der Waals surface area contributed by atoms with Gasteiger partial charge in [0.2, 0.25) is 10.0 Å². The van der Waals surface area contributed by atoms with Gasteiger partial charge < -0.3 is 14.6 Å². The van der Waals surface area contributed by atoms with Crippen LogP contribution in [0.2, 0.25) is 0 Å². The van der Waals surface area contributed by atoms with Gasteiger partial charge in [-0.15, -0.1) is 0 Å². The van der Waals surface area contributed by atoms with Crippen LogP contribution >= 0.6 is 0 Å². The van der Waals surface area contributed by atoms with E-state index in [0.29, 0.717) is 36.2 Å². The van der Waals surface area contributed by atoms with E-state index in [1.54, 1.807) is 0 Å². The molecule has 1 saturated heterocycles. The Labute approximate surface area is 219 Å². The van der Waals surface area contributed by atoms with Crippen LogP contribution in [0.15, 0.2) is 27.9 Å². The minimum Gasteiger partial charge on any atom is -0.493 e. The number of rotatable bonds is 11. The van der Waals surface area contributed by atoms with E-state index in [-0.39, 0.29) is 45.5 Å². The Balaban J connectivity index is 1.80. The van der Waals surface area contributed by atoms with Gasteiger partial charge in [0, 0.05) is 26.4 Å². The molecule has 2 aromatic heterocycles. The third-order valence-electron chi connectivity index (χ3n) is 6.28. The Morgan fingerprint density at radius 2 is 2.17 bits per heavy atom. The van der Waals surface area contributed by atoms with Gasteiger partial charge in [-0.05, 0) is 63.9 Å². The fraction of sp³-hybridized carbons (Fsp3) is 0.560. The maximum atomic E-state index is 13.4. The molecule has 0 spiro atoms. The van der Waals surface area contributed by atoms with E-state index in [1.165, 1.54) is 18.2 Å². The van der Waals surface area contributed by atoms with Crippen molar-refractivity contribution in [1.29, 1.82) is 0 Å². The van der Waals surface area contributed by atoms with Gasteiger partial charge in [0.15, 0.2) is 5.52 Å². The largest absolute Gasteiger partial charge is 0.493 e. The summed E-state index contributed by atoms with van der Waals surface area (Å²) in [6.07, 6.45) is 3.36. The van der Waals surface area contributed by atoms with E-state index in [9.17, 15) is 13.2 Å². The highest BCUT2D eigenvalue weighted by molar-refractivity contribution is 7.89. The normalized spacial score (nSPS) is 19.5. The molecular weight excluding hydrogens is 480 g/mol. The number of aromatic nitrogens is 4. The minimum absolute atomic E-state index is 0.00743. The van der Waals surface area contributed by atoms with Crippen LogP contribution in [0.1, 0.15) is 58.5 Å². The number of aromatic amines is 1. The van der Waals surface area contributed by atoms with Crippen molar-refractivity contribution in [2.45, 2.75) is 63.3 Å². The first-order valence-corrected chi connectivity index (χ1v) is 13.7. The molecule has 1 atom stereocenters. The van der Waals surface area contributed by atoms with Gasteiger partial charge in [0.1, 0.15) is 17.1 Å². The van der Waals surface area contributed by atoms with Crippen LogP contribution in [0.25, 0.3) is 22.4 Å². The molecule has 3 heterocycles. The monoisotopic (exact) mass is 521 g/mol. The van der Waals surface area contributed by atoms with E-state index in [1.807, 2.05) is 25.8 Å². The molecular formula is C25H36N6O4S. The second-order valence-corrected chi connectivity index (χ2v) is 10.7. The summed E-state index contributed by atoms with van der Waals surface area (Å²) in [5.41, 5.74) is -0.367. The highest BCUT2D eigenvalue weighted by atomic mass is 32.2. The van der Waals surface area contributed by atoms with E-state index >= 15 is 0 Å². The maximum Gasteiger partial charge on any atom is 0.277 e. The molecule has 1 aliphatic heterocycles. The molecule has 0 aliphatic carbocycles. The van der Waals surface area contributed by atoms with Crippen molar-refractivity contribution in [2.24, 2.45) is 6.98 Å². The zero-order valence-corrected chi connectivity index (χ0v) is 21.6. The lowest BCUT2D eigenvalue weighted by molar-refractivity contribution is 0.297. The van der Waals surface area contributed by atoms with E-state index in [2.05, 4.69) is 19.8 Å². The zero-order valence-electron chi connectivity index (χ0n) is 25.8. The summed E-state index contributed by atoms with van der Waals surface area (Å²) < 4.78 is 75.6. The van der Waals surface area contributed by atoms with E-state index < -0.39 is 29.1 Å². The van der Waals surface area contributed by atoms with E-state index in [4.69, 9.17) is 11.6 Å². The Morgan fingerprint density at radius 3 is 2.86 bits per heavy atom. The van der Waals surface area contributed by atoms with E-state index in [0.717, 1.165) is 19.4 Å². The predicted molar refractivity (Wildman–Crippen MR) is 140 cm³/mol. The lowest BCUT2D eigenvalue weighted by Crippen LogP contribution is -2.31. The van der Waals surface area contributed by atoms with Crippen LogP contribution in [0.4, 0.5) is 0 Å². The fourth-order valence-electron chi connectivity index (χ4n) is 4.37. The Bertz CT molecular complexity index is 1570. The SMILES string of the molecule is [2H]C([2H])(CC1CCCN1C)NS(=O)(=O)c1ccc(OCCC)c(-c2nc3c(CCC)nn(C([2H])([2H])[2H])c3c(=O)[nH]2)c1. The molecule has 196 valence electrons. The van der Waals surface area contributed by atoms with Gasteiger partial charge >= 0.3 is 0 Å². The maximum absolute atomic E-state index is 13.4. The zero-order chi connectivity index (χ0) is 30.2. The molecule has 1 aromatic carbocycles. The number of benzene rings is 1. The number of hydrogen-bond donors (Lipinski definition) is 2. The van der Waals surface area contributed by atoms with Crippen LogP contribution in [-0.2, 0) is 23.4 Å². The molecule has 10 nitrogen and oxygen atoms in total. The molecule has 36 heavy (non-hydrogen) atoms. The summed E-state index contributed by atoms with van der Waals surface area (Å²) in [5.74, 6) is 0.229. The third-order valence-corrected chi connectivity index (χ3v) is 7.57. The standard InChI is InChI=1S/C25H36N6O4S/c1-5-8-20-22-23(31(4)29-20)25(32)28-24(27-22)19-16-18(10-11-21(19)35-15-6-2)36(33,34)26-13-12-17-9-7-14-30(17)3/h10-11,16-17,26H,5-9,12-15H2,1-4H3,(H,27,28,32)/i4D3,13D2. The summed E-state index contributed by atoms with van der Waals surface area (Å²) >= 11 is 0. The number of sulfonamides is 1. The molecule has 0 amide bonds. The van der Waals surface area contributed by atoms with Crippen LogP contribution in [0.3, 0.4) is 0 Å². The highest BCUT2D eigenvalue weighted by Gasteiger charge is 2.23. The first kappa shape index (κ1) is 20.3. The molecule has 2 N–H and O–H groups in total. The quantitative estimate of drug-likeness (QED) is 0.398. The summed E-state index contributed by atoms with van der Waals surface area (Å²) in [7, 11) is -2.45. The minimum atomic E-state index is -4.34. The number of nitrogens with one attached hydrogen (secondary N) is 2. The molecule has 11 heteroatoms. The van der Waals surface area contributed by atoms with Crippen LogP contribution in [-0.4, -0.2) is 65.8 Å². The first-order chi connectivity index (χ1) is 19.2. The van der Waals surface area contributed by atoms with Crippen molar-refractivity contribution in [3.8, 4) is 17.1 Å². The molecule has 0 saturated carbocycles. The lowest BCUT2D eigenvalue weighted by atomic mass is 10.1. The number of fused-ring (bicyclic) bond motifs is 1. The van der Waals surface area contributed by atoms with Gasteiger partial charge in [-0.25, -0.2) is 18.1 Å². The molecule has 3 aromatic rings. The van der Waals surface area contributed by atoms with Crippen molar-refractivity contribution in [1.82, 2.24) is 29.4 Å². The molecule has 1 unspecified atom stereocenters. The third kappa shape index (κ3) is 5.47. The average molecular weight is 522 g/mol. The number of nitrogens with zero attached hydrogens (tertiary/aromatic N) is 4. The summed E-state index contributed by atoms with van der Waals surface area (Å²) in [6, 6.07) is 3.92. The van der Waals surface area contributed by atoms with Crippen molar-refractivity contribution in [3.63, 3.8) is 0 Å². The molecule has 4 rings (SSSR count). The molecule has 1 fully saturated rings. The molecule has 1 aliphatic rings. The van der Waals surface area contributed by atoms with Crippen molar-refractivity contribution in [3.05, 3.63) is 34.2 Å². The molecule has 0 bridgehead atoms. The van der Waals surface area contributed by atoms with Crippen LogP contribution in [0.5, 0.6) is 5.75 Å². The second kappa shape index (κ2) is 11.1. The number of H-pyrrole nitrogens is 1. The summed E-state index contributed by atoms with van der Waals surface area (Å²) in [5, 5.41) is 4.15. The highest BCUT2D eigenvalue weighted by Crippen LogP contribution is 2.31. The van der Waals surface area contributed by atoms with Crippen molar-refractivity contribution < 1.29 is 20.0 Å². The Hall–Kier alpha value is -2.76. The summed E-state index contributed by atoms with van der Waals surface area (Å²) in [6.45, 7) is 0.0103. The summed E-state index contributed by atoms with van der Waals surface area (Å²) in [4.78, 5) is 22.1. The number of aryl methyl sites for hydroxylation is 2. The first-order valence-electron chi connectivity index (χ1n) is 14.7. The van der Waals surface area contributed by atoms with Gasteiger partial charge in [-0.2, -0.15) is 5.10 Å². The Kier molecular flexibility index (Phi) is 6.26. The fourth-order valence-corrected chi connectivity index (χ4v) is 5.28. The number of hydrogen-bond acceptors (Lipinski definition) is 7. The van der Waals surface area contributed by atoms with Gasteiger partial charge in [-0.1, -0.05) is 20.3 Å². The Morgan fingerprint density at radius 1 is 1.33 bits per heavy atom. The van der Waals surface area contributed by atoms with Crippen LogP contribution < -0.4 is 15.0 Å². The van der Waals surface area contributed by atoms with Crippen molar-refractivity contribution in [2.75, 3.05) is 26.7 Å². The second-order valence-electron chi connectivity index (χ2n) is 8.99. The van der Waals surface area contributed by atoms with Gasteiger partial charge in [0.25, 0.3) is 5.56 Å². The van der Waals surface area contributed by atoms with Gasteiger partial charge in [0.05, 0.1) is 22.8 Å². The van der Waals surface area contributed by atoms with Crippen molar-refractivity contribution >= 4 is 21.1 Å². The number of likely N-dealkylation sites (tertiary alicyclic amines) is 1. The molecule has 0 radical (unpaired) electrons. The topological polar surface area (TPSA) is 122 Å². The van der Waals surface area contributed by atoms with Gasteiger partial charge in [-0.3, -0.25) is 9.48 Å². The average Bonchev–Trinajstić information content (AvgIpc) is 3.45. The lowest BCUT2D eigenvalue weighted by Gasteiger charge is -2.19. The number of ether oxygens (including phenoxy) is 1. The predicted octanol–water partition coefficient (Wildman–Crippen LogP) is 2.83. The smallest absolute Gasteiger partial charge is 0.277 e. The van der Waals surface area contributed by atoms with Crippen LogP contribution in [0, 0.1) is 0 Å².